The first-order valence-corrected chi connectivity index (χ1v) is 4.15. The minimum absolute atomic E-state index is 0.0715. The van der Waals surface area contributed by atoms with Crippen LogP contribution in [0.5, 0.6) is 0 Å². The molecule has 0 aliphatic rings. The number of nitrogen functional groups attached to an aromatic ring is 1. The molecule has 5 N–H and O–H groups in total. The summed E-state index contributed by atoms with van der Waals surface area (Å²) in [6.45, 7) is 0. The van der Waals surface area contributed by atoms with Gasteiger partial charge in [-0.1, -0.05) is 0 Å². The molecule has 0 aliphatic carbocycles. The van der Waals surface area contributed by atoms with Crippen LogP contribution in [0, 0.1) is 0 Å². The third-order valence-corrected chi connectivity index (χ3v) is 1.74. The van der Waals surface area contributed by atoms with Gasteiger partial charge >= 0.3 is 0 Å². The smallest absolute Gasteiger partial charge is 0.234 e. The minimum atomic E-state index is 0.0715. The lowest BCUT2D eigenvalue weighted by Gasteiger charge is -2.08. The maximum absolute atomic E-state index is 10.2. The van der Waals surface area contributed by atoms with E-state index >= 15 is 0 Å². The van der Waals surface area contributed by atoms with Crippen LogP contribution in [-0.2, 0) is 9.63 Å². The zero-order chi connectivity index (χ0) is 11.3. The van der Waals surface area contributed by atoms with Gasteiger partial charge < -0.3 is 11.5 Å². The highest BCUT2D eigenvalue weighted by molar-refractivity contribution is 6.05. The van der Waals surface area contributed by atoms with Crippen molar-refractivity contribution in [3.8, 4) is 0 Å². The number of benzene rings is 1. The summed E-state index contributed by atoms with van der Waals surface area (Å²) >= 11 is 0. The number of nitrogens with one attached hydrogen (secondary N) is 1. The van der Waals surface area contributed by atoms with E-state index in [1.54, 1.807) is 18.2 Å². The van der Waals surface area contributed by atoms with Gasteiger partial charge in [-0.2, -0.15) is 4.99 Å². The standard InChI is InChI=1S/C9H12N4O2/c1-15-13-6-2-3-8(10)7(4-6)9(11)12-5-14/h2-5,13H,10H2,1H3,(H2,11,12,14). The first kappa shape index (κ1) is 11.0. The molecule has 1 aromatic rings. The molecule has 15 heavy (non-hydrogen) atoms. The Morgan fingerprint density at radius 3 is 2.93 bits per heavy atom. The van der Waals surface area contributed by atoms with E-state index < -0.39 is 0 Å². The number of amides is 1. The van der Waals surface area contributed by atoms with Crippen LogP contribution in [0.2, 0.25) is 0 Å². The Labute approximate surface area is 86.9 Å². The van der Waals surface area contributed by atoms with Crippen LogP contribution < -0.4 is 16.9 Å². The van der Waals surface area contributed by atoms with Crippen molar-refractivity contribution in [2.24, 2.45) is 10.7 Å². The van der Waals surface area contributed by atoms with Gasteiger partial charge in [0.25, 0.3) is 0 Å². The summed E-state index contributed by atoms with van der Waals surface area (Å²) in [5, 5.41) is 0. The van der Waals surface area contributed by atoms with Crippen LogP contribution >= 0.6 is 0 Å². The summed E-state index contributed by atoms with van der Waals surface area (Å²) in [6.07, 6.45) is 0.366. The van der Waals surface area contributed by atoms with Crippen LogP contribution in [0.15, 0.2) is 23.2 Å². The van der Waals surface area contributed by atoms with Crippen LogP contribution in [0.4, 0.5) is 11.4 Å². The highest BCUT2D eigenvalue weighted by Crippen LogP contribution is 2.17. The van der Waals surface area contributed by atoms with Crippen molar-refractivity contribution in [2.45, 2.75) is 0 Å². The molecular weight excluding hydrogens is 196 g/mol. The quantitative estimate of drug-likeness (QED) is 0.214. The Morgan fingerprint density at radius 2 is 2.33 bits per heavy atom. The number of hydrogen-bond donors (Lipinski definition) is 3. The lowest BCUT2D eigenvalue weighted by Crippen LogP contribution is -2.16. The highest BCUT2D eigenvalue weighted by Gasteiger charge is 2.04. The van der Waals surface area contributed by atoms with Crippen molar-refractivity contribution in [3.63, 3.8) is 0 Å². The van der Waals surface area contributed by atoms with Gasteiger partial charge in [0, 0.05) is 11.3 Å². The highest BCUT2D eigenvalue weighted by atomic mass is 16.6. The Kier molecular flexibility index (Phi) is 3.64. The van der Waals surface area contributed by atoms with Crippen molar-refractivity contribution in [2.75, 3.05) is 18.3 Å². The average Bonchev–Trinajstić information content (AvgIpc) is 2.21. The fraction of sp³-hybridized carbons (Fsp3) is 0.111. The molecule has 0 saturated carbocycles. The zero-order valence-corrected chi connectivity index (χ0v) is 8.23. The van der Waals surface area contributed by atoms with E-state index in [9.17, 15) is 4.79 Å². The Bertz CT molecular complexity index is 390. The van der Waals surface area contributed by atoms with Gasteiger partial charge in [-0.3, -0.25) is 15.1 Å². The fourth-order valence-electron chi connectivity index (χ4n) is 1.09. The predicted octanol–water partition coefficient (Wildman–Crippen LogP) is 0.104. The second-order valence-electron chi connectivity index (χ2n) is 2.73. The average molecular weight is 208 g/mol. The molecule has 0 heterocycles. The van der Waals surface area contributed by atoms with Crippen molar-refractivity contribution in [1.82, 2.24) is 0 Å². The van der Waals surface area contributed by atoms with E-state index in [1.807, 2.05) is 0 Å². The number of rotatable bonds is 4. The molecule has 0 aliphatic heterocycles. The Balaban J connectivity index is 3.10. The van der Waals surface area contributed by atoms with Crippen molar-refractivity contribution >= 4 is 23.6 Å². The van der Waals surface area contributed by atoms with Gasteiger partial charge in [-0.25, -0.2) is 0 Å². The second kappa shape index (κ2) is 4.97. The van der Waals surface area contributed by atoms with Gasteiger partial charge in [-0.05, 0) is 18.2 Å². The molecule has 0 atom stereocenters. The maximum atomic E-state index is 10.2. The Morgan fingerprint density at radius 1 is 1.60 bits per heavy atom. The van der Waals surface area contributed by atoms with E-state index in [0.29, 0.717) is 23.3 Å². The molecule has 0 spiro atoms. The monoisotopic (exact) mass is 208 g/mol. The first-order chi connectivity index (χ1) is 7.19. The molecule has 80 valence electrons. The van der Waals surface area contributed by atoms with Crippen molar-refractivity contribution in [1.29, 1.82) is 0 Å². The van der Waals surface area contributed by atoms with Crippen LogP contribution in [0.1, 0.15) is 5.56 Å². The molecule has 1 amide bonds. The summed E-state index contributed by atoms with van der Waals surface area (Å²) in [5.41, 5.74) is 15.4. The number of amidine groups is 1. The lowest BCUT2D eigenvalue weighted by molar-refractivity contribution is -0.106. The number of carbonyl (C=O) groups is 1. The molecule has 1 aromatic carbocycles. The van der Waals surface area contributed by atoms with Crippen molar-refractivity contribution < 1.29 is 9.63 Å². The predicted molar refractivity (Wildman–Crippen MR) is 58.3 cm³/mol. The topological polar surface area (TPSA) is 103 Å². The molecule has 0 aromatic heterocycles. The molecule has 6 heteroatoms. The molecule has 0 radical (unpaired) electrons. The molecule has 0 saturated heterocycles. The van der Waals surface area contributed by atoms with Gasteiger partial charge in [0.15, 0.2) is 0 Å². The Hall–Kier alpha value is -2.08. The molecule has 0 fully saturated rings. The normalized spacial score (nSPS) is 11.1. The van der Waals surface area contributed by atoms with Gasteiger partial charge in [0.05, 0.1) is 12.8 Å². The summed E-state index contributed by atoms with van der Waals surface area (Å²) in [7, 11) is 1.49. The van der Waals surface area contributed by atoms with Crippen LogP contribution in [-0.4, -0.2) is 19.4 Å². The number of hydrogen-bond acceptors (Lipinski definition) is 4. The summed E-state index contributed by atoms with van der Waals surface area (Å²) in [5.74, 6) is 0.0715. The maximum Gasteiger partial charge on any atom is 0.234 e. The molecular formula is C9H12N4O2. The molecule has 6 nitrogen and oxygen atoms in total. The van der Waals surface area contributed by atoms with Crippen LogP contribution in [0.3, 0.4) is 0 Å². The number of aliphatic imine (C=N–C) groups is 1. The van der Waals surface area contributed by atoms with E-state index in [4.69, 9.17) is 16.3 Å². The SMILES string of the molecule is CONc1ccc(N)c(C(N)=NC=O)c1. The molecule has 1 rings (SSSR count). The number of carbonyl (C=O) groups excluding carboxylic acids is 1. The second-order valence-corrected chi connectivity index (χ2v) is 2.73. The third kappa shape index (κ3) is 2.68. The fourth-order valence-corrected chi connectivity index (χ4v) is 1.09. The summed E-state index contributed by atoms with van der Waals surface area (Å²) < 4.78 is 0. The van der Waals surface area contributed by atoms with Gasteiger partial charge in [-0.15, -0.1) is 0 Å². The zero-order valence-electron chi connectivity index (χ0n) is 8.23. The van der Waals surface area contributed by atoms with Gasteiger partial charge in [0.2, 0.25) is 6.41 Å². The summed E-state index contributed by atoms with van der Waals surface area (Å²) in [6, 6.07) is 5.00. The lowest BCUT2D eigenvalue weighted by atomic mass is 10.1. The van der Waals surface area contributed by atoms with Crippen LogP contribution in [0.25, 0.3) is 0 Å². The largest absolute Gasteiger partial charge is 0.398 e. The van der Waals surface area contributed by atoms with E-state index in [2.05, 4.69) is 10.5 Å². The summed E-state index contributed by atoms with van der Waals surface area (Å²) in [4.78, 5) is 18.3. The van der Waals surface area contributed by atoms with E-state index in [-0.39, 0.29) is 5.84 Å². The minimum Gasteiger partial charge on any atom is -0.398 e. The van der Waals surface area contributed by atoms with E-state index in [0.717, 1.165) is 0 Å². The molecule has 0 unspecified atom stereocenters. The third-order valence-electron chi connectivity index (χ3n) is 1.74. The van der Waals surface area contributed by atoms with Gasteiger partial charge in [0.1, 0.15) is 5.84 Å². The number of nitrogens with two attached hydrogens (primary N) is 2. The van der Waals surface area contributed by atoms with Crippen molar-refractivity contribution in [3.05, 3.63) is 23.8 Å². The number of nitrogens with zero attached hydrogens (tertiary/aromatic N) is 1. The molecule has 0 bridgehead atoms. The van der Waals surface area contributed by atoms with E-state index in [1.165, 1.54) is 7.11 Å². The number of anilines is 2. The first-order valence-electron chi connectivity index (χ1n) is 4.15.